The van der Waals surface area contributed by atoms with E-state index in [1.165, 1.54) is 0 Å². The van der Waals surface area contributed by atoms with Gasteiger partial charge in [-0.05, 0) is 49.3 Å². The minimum absolute atomic E-state index is 0.0410. The highest BCUT2D eigenvalue weighted by Gasteiger charge is 2.24. The first kappa shape index (κ1) is 15.1. The van der Waals surface area contributed by atoms with Crippen LogP contribution < -0.4 is 11.1 Å². The minimum atomic E-state index is -0.0990. The van der Waals surface area contributed by atoms with Crippen LogP contribution in [0.2, 0.25) is 0 Å². The van der Waals surface area contributed by atoms with E-state index in [1.807, 2.05) is 18.2 Å². The van der Waals surface area contributed by atoms with Crippen LogP contribution in [0.25, 0.3) is 10.9 Å². The molecule has 23 heavy (non-hydrogen) atoms. The van der Waals surface area contributed by atoms with E-state index in [2.05, 4.69) is 39.2 Å². The predicted octanol–water partition coefficient (Wildman–Crippen LogP) is 1.16. The fourth-order valence-electron chi connectivity index (χ4n) is 2.79. The Hall–Kier alpha value is -2.76. The first-order valence-electron chi connectivity index (χ1n) is 7.68. The molecule has 1 aromatic carbocycles. The third-order valence-electron chi connectivity index (χ3n) is 3.97. The van der Waals surface area contributed by atoms with Gasteiger partial charge in [0.15, 0.2) is 0 Å². The number of carbonyl (C=O) groups excluding carboxylic acids is 1. The third kappa shape index (κ3) is 3.91. The number of aromatic amines is 1. The van der Waals surface area contributed by atoms with Gasteiger partial charge in [0.1, 0.15) is 0 Å². The summed E-state index contributed by atoms with van der Waals surface area (Å²) >= 11 is 0. The summed E-state index contributed by atoms with van der Waals surface area (Å²) in [7, 11) is 0. The number of rotatable bonds is 2. The largest absolute Gasteiger partial charge is 0.352 e. The maximum absolute atomic E-state index is 11.3. The molecule has 1 fully saturated rings. The van der Waals surface area contributed by atoms with Crippen molar-refractivity contribution in [2.24, 2.45) is 11.7 Å². The highest BCUT2D eigenvalue weighted by molar-refractivity contribution is 5.79. The number of amides is 1. The molecular formula is C18H18N4O. The zero-order valence-corrected chi connectivity index (χ0v) is 12.7. The Bertz CT molecular complexity index is 831. The smallest absolute Gasteiger partial charge is 0.233 e. The van der Waals surface area contributed by atoms with Crippen molar-refractivity contribution in [1.29, 1.82) is 0 Å². The molecule has 0 radical (unpaired) electrons. The lowest BCUT2D eigenvalue weighted by molar-refractivity contribution is -0.120. The van der Waals surface area contributed by atoms with Crippen LogP contribution in [0.4, 0.5) is 0 Å². The average Bonchev–Trinajstić information content (AvgIpc) is 3.20. The van der Waals surface area contributed by atoms with Crippen LogP contribution in [-0.4, -0.2) is 28.7 Å². The number of hydrogen-bond donors (Lipinski definition) is 3. The highest BCUT2D eigenvalue weighted by atomic mass is 16.1. The number of fused-ring (bicyclic) bond motifs is 1. The molecule has 1 amide bonds. The number of aromatic nitrogens is 2. The predicted molar refractivity (Wildman–Crippen MR) is 89.1 cm³/mol. The van der Waals surface area contributed by atoms with Gasteiger partial charge < -0.3 is 11.1 Å². The van der Waals surface area contributed by atoms with E-state index in [0.29, 0.717) is 5.92 Å². The molecule has 2 unspecified atom stereocenters. The molecule has 2 atom stereocenters. The minimum Gasteiger partial charge on any atom is -0.352 e. The zero-order chi connectivity index (χ0) is 16.1. The van der Waals surface area contributed by atoms with E-state index >= 15 is 0 Å². The molecule has 1 heterocycles. The molecule has 0 saturated heterocycles. The van der Waals surface area contributed by atoms with Crippen LogP contribution in [0.15, 0.2) is 24.4 Å². The second kappa shape index (κ2) is 7.00. The van der Waals surface area contributed by atoms with Crippen molar-refractivity contribution in [2.75, 3.05) is 6.54 Å². The lowest BCUT2D eigenvalue weighted by atomic mass is 10.1. The summed E-state index contributed by atoms with van der Waals surface area (Å²) in [6.45, 7) is 0.0410. The second-order valence-corrected chi connectivity index (χ2v) is 5.67. The molecule has 2 aromatic rings. The number of nitrogens with zero attached hydrogens (tertiary/aromatic N) is 1. The van der Waals surface area contributed by atoms with Gasteiger partial charge in [-0.3, -0.25) is 9.89 Å². The maximum Gasteiger partial charge on any atom is 0.233 e. The topological polar surface area (TPSA) is 83.8 Å². The van der Waals surface area contributed by atoms with Crippen LogP contribution in [0.3, 0.4) is 0 Å². The van der Waals surface area contributed by atoms with Crippen molar-refractivity contribution in [1.82, 2.24) is 15.5 Å². The summed E-state index contributed by atoms with van der Waals surface area (Å²) in [6, 6.07) is 6.09. The number of carbonyl (C=O) groups is 1. The monoisotopic (exact) mass is 306 g/mol. The SMILES string of the molecule is NCC(=O)NC1CCC(C#CC#Cc2ccc3[nH]ncc3c2)C1. The summed E-state index contributed by atoms with van der Waals surface area (Å²) in [5.41, 5.74) is 7.22. The normalized spacial score (nSPS) is 19.5. The van der Waals surface area contributed by atoms with Gasteiger partial charge in [0.25, 0.3) is 0 Å². The van der Waals surface area contributed by atoms with Gasteiger partial charge in [0.05, 0.1) is 18.3 Å². The molecule has 0 bridgehead atoms. The maximum atomic E-state index is 11.3. The lowest BCUT2D eigenvalue weighted by Gasteiger charge is -2.10. The Morgan fingerprint density at radius 1 is 1.39 bits per heavy atom. The van der Waals surface area contributed by atoms with Gasteiger partial charge in [-0.1, -0.05) is 11.8 Å². The van der Waals surface area contributed by atoms with E-state index in [-0.39, 0.29) is 18.5 Å². The van der Waals surface area contributed by atoms with Crippen LogP contribution in [0.1, 0.15) is 24.8 Å². The van der Waals surface area contributed by atoms with Gasteiger partial charge >= 0.3 is 0 Å². The molecule has 0 spiro atoms. The first-order valence-corrected chi connectivity index (χ1v) is 7.68. The Balaban J connectivity index is 1.57. The molecule has 4 N–H and O–H groups in total. The summed E-state index contributed by atoms with van der Waals surface area (Å²) in [6.07, 6.45) is 4.60. The highest BCUT2D eigenvalue weighted by Crippen LogP contribution is 2.24. The van der Waals surface area contributed by atoms with Crippen LogP contribution in [0.5, 0.6) is 0 Å². The van der Waals surface area contributed by atoms with E-state index in [0.717, 1.165) is 35.7 Å². The second-order valence-electron chi connectivity index (χ2n) is 5.67. The van der Waals surface area contributed by atoms with Crippen LogP contribution in [0, 0.1) is 29.6 Å². The quantitative estimate of drug-likeness (QED) is 0.728. The standard InChI is InChI=1S/C18H18N4O/c19-11-18(23)21-16-7-5-14(10-16)4-2-1-3-13-6-8-17-15(9-13)12-20-22-17/h6,8-9,12,14,16H,5,7,10-11,19H2,(H,20,22)(H,21,23). The fourth-order valence-corrected chi connectivity index (χ4v) is 2.79. The number of nitrogens with one attached hydrogen (secondary N) is 2. The van der Waals surface area contributed by atoms with Gasteiger partial charge in [-0.25, -0.2) is 0 Å². The number of benzene rings is 1. The first-order chi connectivity index (χ1) is 11.2. The van der Waals surface area contributed by atoms with Crippen molar-refractivity contribution < 1.29 is 4.79 Å². The van der Waals surface area contributed by atoms with Crippen molar-refractivity contribution in [3.05, 3.63) is 30.0 Å². The third-order valence-corrected chi connectivity index (χ3v) is 3.97. The van der Waals surface area contributed by atoms with Crippen molar-refractivity contribution in [3.63, 3.8) is 0 Å². The van der Waals surface area contributed by atoms with Crippen molar-refractivity contribution >= 4 is 16.8 Å². The number of hydrogen-bond acceptors (Lipinski definition) is 3. The van der Waals surface area contributed by atoms with E-state index < -0.39 is 0 Å². The molecular weight excluding hydrogens is 288 g/mol. The summed E-state index contributed by atoms with van der Waals surface area (Å²) in [5, 5.41) is 10.8. The van der Waals surface area contributed by atoms with E-state index in [4.69, 9.17) is 5.73 Å². The van der Waals surface area contributed by atoms with Crippen LogP contribution >= 0.6 is 0 Å². The molecule has 0 aliphatic heterocycles. The number of nitrogens with two attached hydrogens (primary N) is 1. The Morgan fingerprint density at radius 3 is 3.17 bits per heavy atom. The molecule has 1 aromatic heterocycles. The fraction of sp³-hybridized carbons (Fsp3) is 0.333. The molecule has 1 aliphatic carbocycles. The molecule has 5 heteroatoms. The summed E-state index contributed by atoms with van der Waals surface area (Å²) in [5.74, 6) is 12.3. The molecule has 5 nitrogen and oxygen atoms in total. The van der Waals surface area contributed by atoms with E-state index in [1.54, 1.807) is 6.20 Å². The molecule has 116 valence electrons. The average molecular weight is 306 g/mol. The Kier molecular flexibility index (Phi) is 4.61. The lowest BCUT2D eigenvalue weighted by Crippen LogP contribution is -2.37. The summed E-state index contributed by atoms with van der Waals surface area (Å²) in [4.78, 5) is 11.3. The summed E-state index contributed by atoms with van der Waals surface area (Å²) < 4.78 is 0. The van der Waals surface area contributed by atoms with E-state index in [9.17, 15) is 4.79 Å². The van der Waals surface area contributed by atoms with Crippen molar-refractivity contribution in [2.45, 2.75) is 25.3 Å². The van der Waals surface area contributed by atoms with Crippen molar-refractivity contribution in [3.8, 4) is 23.7 Å². The van der Waals surface area contributed by atoms with Gasteiger partial charge in [0, 0.05) is 22.9 Å². The molecule has 1 aliphatic rings. The Morgan fingerprint density at radius 2 is 2.30 bits per heavy atom. The van der Waals surface area contributed by atoms with Crippen LogP contribution in [-0.2, 0) is 4.79 Å². The van der Waals surface area contributed by atoms with Gasteiger partial charge in [-0.2, -0.15) is 5.10 Å². The molecule has 1 saturated carbocycles. The van der Waals surface area contributed by atoms with Gasteiger partial charge in [0.2, 0.25) is 5.91 Å². The Labute approximate surface area is 135 Å². The molecule has 3 rings (SSSR count). The van der Waals surface area contributed by atoms with Gasteiger partial charge in [-0.15, -0.1) is 0 Å². The zero-order valence-electron chi connectivity index (χ0n) is 12.7. The number of H-pyrrole nitrogens is 1.